The Morgan fingerprint density at radius 3 is 2.55 bits per heavy atom. The van der Waals surface area contributed by atoms with Gasteiger partial charge >= 0.3 is 0 Å². The van der Waals surface area contributed by atoms with Crippen molar-refractivity contribution in [3.05, 3.63) is 81.1 Å². The van der Waals surface area contributed by atoms with Crippen LogP contribution in [0.2, 0.25) is 5.02 Å². The van der Waals surface area contributed by atoms with Crippen LogP contribution in [0.15, 0.2) is 59.0 Å². The van der Waals surface area contributed by atoms with Crippen LogP contribution >= 0.6 is 11.6 Å². The molecule has 0 aliphatic rings. The van der Waals surface area contributed by atoms with Crippen LogP contribution in [-0.2, 0) is 6.54 Å². The van der Waals surface area contributed by atoms with Gasteiger partial charge in [-0.1, -0.05) is 35.9 Å². The van der Waals surface area contributed by atoms with Crippen LogP contribution in [0.25, 0.3) is 11.3 Å². The molecule has 3 aromatic rings. The molecule has 29 heavy (non-hydrogen) atoms. The molecule has 0 radical (unpaired) electrons. The SMILES string of the molecule is C[C@@H](O)c1ccc(-c2ccc(CNCCNc3ccc([N+](=O)[O-])cc3Cl)o2)cc1. The second-order valence-corrected chi connectivity index (χ2v) is 7.00. The minimum atomic E-state index is -0.491. The fraction of sp³-hybridized carbons (Fsp3) is 0.238. The van der Waals surface area contributed by atoms with Gasteiger partial charge in [-0.3, -0.25) is 10.1 Å². The Bertz CT molecular complexity index is 970. The van der Waals surface area contributed by atoms with E-state index in [-0.39, 0.29) is 5.69 Å². The van der Waals surface area contributed by atoms with Crippen LogP contribution < -0.4 is 10.6 Å². The molecule has 0 fully saturated rings. The Hall–Kier alpha value is -2.87. The second kappa shape index (κ2) is 9.56. The summed E-state index contributed by atoms with van der Waals surface area (Å²) in [5.74, 6) is 1.59. The van der Waals surface area contributed by atoms with Crippen LogP contribution in [0.4, 0.5) is 11.4 Å². The molecule has 8 heteroatoms. The van der Waals surface area contributed by atoms with Gasteiger partial charge in [0.05, 0.1) is 28.3 Å². The molecule has 0 amide bonds. The number of benzene rings is 2. The second-order valence-electron chi connectivity index (χ2n) is 6.59. The Balaban J connectivity index is 1.45. The molecule has 3 rings (SSSR count). The zero-order valence-electron chi connectivity index (χ0n) is 15.9. The molecular weight excluding hydrogens is 394 g/mol. The van der Waals surface area contributed by atoms with Crippen molar-refractivity contribution in [3.63, 3.8) is 0 Å². The van der Waals surface area contributed by atoms with Gasteiger partial charge in [-0.05, 0) is 30.7 Å². The molecule has 3 N–H and O–H groups in total. The number of nitro groups is 1. The zero-order chi connectivity index (χ0) is 20.8. The van der Waals surface area contributed by atoms with Crippen LogP contribution in [-0.4, -0.2) is 23.1 Å². The van der Waals surface area contributed by atoms with E-state index in [1.54, 1.807) is 13.0 Å². The number of nitro benzene ring substituents is 1. The minimum absolute atomic E-state index is 0.0344. The fourth-order valence-electron chi connectivity index (χ4n) is 2.81. The van der Waals surface area contributed by atoms with Crippen LogP contribution in [0.5, 0.6) is 0 Å². The first kappa shape index (κ1) is 20.9. The van der Waals surface area contributed by atoms with Crippen LogP contribution in [0.1, 0.15) is 24.4 Å². The van der Waals surface area contributed by atoms with Crippen molar-refractivity contribution < 1.29 is 14.4 Å². The zero-order valence-corrected chi connectivity index (χ0v) is 16.6. The monoisotopic (exact) mass is 415 g/mol. The molecule has 0 aliphatic carbocycles. The number of halogens is 1. The molecule has 7 nitrogen and oxygen atoms in total. The average Bonchev–Trinajstić information content (AvgIpc) is 3.17. The summed E-state index contributed by atoms with van der Waals surface area (Å²) in [6, 6.07) is 15.8. The summed E-state index contributed by atoms with van der Waals surface area (Å²) in [5, 5.41) is 27.0. The van der Waals surface area contributed by atoms with E-state index in [1.807, 2.05) is 36.4 Å². The molecule has 0 saturated heterocycles. The average molecular weight is 416 g/mol. The summed E-state index contributed by atoms with van der Waals surface area (Å²) in [7, 11) is 0. The molecule has 152 valence electrons. The highest BCUT2D eigenvalue weighted by molar-refractivity contribution is 6.33. The lowest BCUT2D eigenvalue weighted by Crippen LogP contribution is -2.21. The van der Waals surface area contributed by atoms with Gasteiger partial charge < -0.3 is 20.2 Å². The molecular formula is C21H22ClN3O4. The van der Waals surface area contributed by atoms with Gasteiger partial charge in [0.1, 0.15) is 11.5 Å². The lowest BCUT2D eigenvalue weighted by atomic mass is 10.1. The maximum Gasteiger partial charge on any atom is 0.271 e. The van der Waals surface area contributed by atoms with E-state index < -0.39 is 11.0 Å². The highest BCUT2D eigenvalue weighted by Gasteiger charge is 2.09. The Morgan fingerprint density at radius 2 is 1.90 bits per heavy atom. The number of aliphatic hydroxyl groups excluding tert-OH is 1. The third kappa shape index (κ3) is 5.57. The van der Waals surface area contributed by atoms with Crippen LogP contribution in [0.3, 0.4) is 0 Å². The summed E-state index contributed by atoms with van der Waals surface area (Å²) in [6.45, 7) is 3.57. The minimum Gasteiger partial charge on any atom is -0.460 e. The molecule has 1 aromatic heterocycles. The van der Waals surface area contributed by atoms with E-state index >= 15 is 0 Å². The first-order chi connectivity index (χ1) is 13.9. The number of aliphatic hydroxyl groups is 1. The van der Waals surface area contributed by atoms with Crippen molar-refractivity contribution in [2.24, 2.45) is 0 Å². The number of rotatable bonds is 9. The predicted molar refractivity (Wildman–Crippen MR) is 113 cm³/mol. The number of hydrogen-bond donors (Lipinski definition) is 3. The number of furan rings is 1. The third-order valence-corrected chi connectivity index (χ3v) is 4.73. The van der Waals surface area contributed by atoms with Crippen molar-refractivity contribution in [2.45, 2.75) is 19.6 Å². The summed E-state index contributed by atoms with van der Waals surface area (Å²) in [5.41, 5.74) is 2.44. The lowest BCUT2D eigenvalue weighted by Gasteiger charge is -2.08. The standard InChI is InChI=1S/C21H22ClN3O4/c1-14(26)15-2-4-16(5-3-15)21-9-7-18(29-21)13-23-10-11-24-20-8-6-17(25(27)28)12-19(20)22/h2-9,12,14,23-24,26H,10-11,13H2,1H3/t14-/m1/s1. The van der Waals surface area contributed by atoms with Gasteiger partial charge in [0.15, 0.2) is 0 Å². The maximum atomic E-state index is 10.7. The molecule has 0 bridgehead atoms. The molecule has 1 atom stereocenters. The molecule has 0 unspecified atom stereocenters. The highest BCUT2D eigenvalue weighted by atomic mass is 35.5. The molecule has 1 heterocycles. The van der Waals surface area contributed by atoms with E-state index in [0.29, 0.717) is 30.3 Å². The summed E-state index contributed by atoms with van der Waals surface area (Å²) in [6.07, 6.45) is -0.491. The van der Waals surface area contributed by atoms with E-state index in [4.69, 9.17) is 16.0 Å². The summed E-state index contributed by atoms with van der Waals surface area (Å²) in [4.78, 5) is 10.3. The first-order valence-corrected chi connectivity index (χ1v) is 9.57. The number of hydrogen-bond acceptors (Lipinski definition) is 6. The van der Waals surface area contributed by atoms with E-state index in [2.05, 4.69) is 10.6 Å². The van der Waals surface area contributed by atoms with Crippen molar-refractivity contribution >= 4 is 23.0 Å². The normalized spacial score (nSPS) is 12.0. The van der Waals surface area contributed by atoms with Crippen molar-refractivity contribution in [1.82, 2.24) is 5.32 Å². The van der Waals surface area contributed by atoms with E-state index in [1.165, 1.54) is 12.1 Å². The Kier molecular flexibility index (Phi) is 6.87. The Morgan fingerprint density at radius 1 is 1.14 bits per heavy atom. The van der Waals surface area contributed by atoms with Crippen molar-refractivity contribution in [2.75, 3.05) is 18.4 Å². The van der Waals surface area contributed by atoms with Gasteiger partial charge in [0.2, 0.25) is 0 Å². The molecule has 0 aliphatic heterocycles. The fourth-order valence-corrected chi connectivity index (χ4v) is 3.05. The summed E-state index contributed by atoms with van der Waals surface area (Å²) < 4.78 is 5.86. The van der Waals surface area contributed by atoms with E-state index in [0.717, 1.165) is 22.6 Å². The topological polar surface area (TPSA) is 101 Å². The van der Waals surface area contributed by atoms with Crippen molar-refractivity contribution in [3.8, 4) is 11.3 Å². The van der Waals surface area contributed by atoms with E-state index in [9.17, 15) is 15.2 Å². The van der Waals surface area contributed by atoms with Gasteiger partial charge in [-0.2, -0.15) is 0 Å². The number of nitrogens with zero attached hydrogens (tertiary/aromatic N) is 1. The maximum absolute atomic E-state index is 10.7. The van der Waals surface area contributed by atoms with Gasteiger partial charge in [-0.25, -0.2) is 0 Å². The smallest absolute Gasteiger partial charge is 0.271 e. The third-order valence-electron chi connectivity index (χ3n) is 4.42. The largest absolute Gasteiger partial charge is 0.460 e. The lowest BCUT2D eigenvalue weighted by molar-refractivity contribution is -0.384. The Labute approximate surface area is 173 Å². The highest BCUT2D eigenvalue weighted by Crippen LogP contribution is 2.26. The molecule has 0 saturated carbocycles. The summed E-state index contributed by atoms with van der Waals surface area (Å²) >= 11 is 6.05. The van der Waals surface area contributed by atoms with Gasteiger partial charge in [-0.15, -0.1) is 0 Å². The first-order valence-electron chi connectivity index (χ1n) is 9.19. The van der Waals surface area contributed by atoms with Crippen LogP contribution in [0, 0.1) is 10.1 Å². The van der Waals surface area contributed by atoms with Crippen molar-refractivity contribution in [1.29, 1.82) is 0 Å². The predicted octanol–water partition coefficient (Wildman–Crippen LogP) is 4.76. The number of non-ortho nitro benzene ring substituents is 1. The molecule has 0 spiro atoms. The number of nitrogens with one attached hydrogen (secondary N) is 2. The molecule has 2 aromatic carbocycles. The quantitative estimate of drug-likeness (QED) is 0.264. The van der Waals surface area contributed by atoms with Gasteiger partial charge in [0.25, 0.3) is 5.69 Å². The number of anilines is 1. The van der Waals surface area contributed by atoms with Gasteiger partial charge in [0, 0.05) is 30.8 Å².